The van der Waals surface area contributed by atoms with E-state index in [0.717, 1.165) is 54.1 Å². The summed E-state index contributed by atoms with van der Waals surface area (Å²) in [5, 5.41) is 13.5. The number of amides is 1. The quantitative estimate of drug-likeness (QED) is 0.611. The monoisotopic (exact) mass is 416 g/mol. The molecule has 8 heteroatoms. The summed E-state index contributed by atoms with van der Waals surface area (Å²) in [6.45, 7) is 8.46. The number of cyclic esters (lactones) is 1. The normalized spacial score (nSPS) is 16.4. The van der Waals surface area contributed by atoms with Crippen molar-refractivity contribution in [3.63, 3.8) is 0 Å². The van der Waals surface area contributed by atoms with E-state index in [0.29, 0.717) is 6.54 Å². The number of aromatic nitrogens is 1. The Bertz CT molecular complexity index is 827. The van der Waals surface area contributed by atoms with Gasteiger partial charge in [-0.2, -0.15) is 0 Å². The average Bonchev–Trinajstić information content (AvgIpc) is 3.12. The van der Waals surface area contributed by atoms with Gasteiger partial charge in [0.15, 0.2) is 0 Å². The number of nitrogens with one attached hydrogen (secondary N) is 1. The maximum Gasteiger partial charge on any atom is 0.414 e. The summed E-state index contributed by atoms with van der Waals surface area (Å²) in [6, 6.07) is 9.82. The summed E-state index contributed by atoms with van der Waals surface area (Å²) < 4.78 is 5.12. The minimum Gasteiger partial charge on any atom is -0.441 e. The largest absolute Gasteiger partial charge is 0.441 e. The zero-order valence-corrected chi connectivity index (χ0v) is 18.1. The predicted molar refractivity (Wildman–Crippen MR) is 120 cm³/mol. The third kappa shape index (κ3) is 5.24. The topological polar surface area (TPSA) is 77.9 Å². The summed E-state index contributed by atoms with van der Waals surface area (Å²) >= 11 is 0. The predicted octanol–water partition coefficient (Wildman–Crippen LogP) is 2.32. The molecule has 0 bridgehead atoms. The molecule has 156 valence electrons. The summed E-state index contributed by atoms with van der Waals surface area (Å²) in [6.07, 6.45) is 0.956. The van der Waals surface area contributed by atoms with Gasteiger partial charge in [0.2, 0.25) is 0 Å². The molecule has 0 saturated carbocycles. The molecular weight excluding hydrogens is 387 g/mol. The lowest BCUT2D eigenvalue weighted by molar-refractivity contribution is 0.0963. The SMILES string of the molecule is CCN(CC)CCNc1ccc(-c2ccc(N3C[C@H](CO)OC3=O)cc2P)cn1. The van der Waals surface area contributed by atoms with Crippen molar-refractivity contribution in [2.45, 2.75) is 20.0 Å². The summed E-state index contributed by atoms with van der Waals surface area (Å²) in [5.74, 6) is 0.859. The maximum atomic E-state index is 12.0. The molecule has 2 heterocycles. The Kier molecular flexibility index (Phi) is 7.42. The Labute approximate surface area is 174 Å². The van der Waals surface area contributed by atoms with Crippen molar-refractivity contribution in [1.82, 2.24) is 9.88 Å². The number of pyridine rings is 1. The second kappa shape index (κ2) is 10.0. The van der Waals surface area contributed by atoms with Gasteiger partial charge in [-0.25, -0.2) is 9.78 Å². The minimum absolute atomic E-state index is 0.172. The van der Waals surface area contributed by atoms with Gasteiger partial charge in [-0.15, -0.1) is 9.24 Å². The lowest BCUT2D eigenvalue weighted by Gasteiger charge is -2.18. The Balaban J connectivity index is 1.65. The van der Waals surface area contributed by atoms with Gasteiger partial charge in [-0.3, -0.25) is 4.90 Å². The third-order valence-corrected chi connectivity index (χ3v) is 5.61. The van der Waals surface area contributed by atoms with E-state index in [1.54, 1.807) is 4.90 Å². The summed E-state index contributed by atoms with van der Waals surface area (Å²) in [4.78, 5) is 20.4. The standard InChI is InChI=1S/C21H29N4O3P/c1-3-24(4-2)10-9-22-20-8-5-15(12-23-20)18-7-6-16(11-19(18)29)25-13-17(14-26)28-21(25)27/h5-8,11-12,17,26H,3-4,9-10,13-14,29H2,1-2H3,(H,22,23)/t17-/m1/s1. The van der Waals surface area contributed by atoms with Crippen LogP contribution in [-0.2, 0) is 4.74 Å². The smallest absolute Gasteiger partial charge is 0.414 e. The molecule has 1 aliphatic heterocycles. The number of carbonyl (C=O) groups is 1. The Hall–Kier alpha value is -2.21. The molecule has 3 rings (SSSR count). The van der Waals surface area contributed by atoms with Crippen LogP contribution in [0.2, 0.25) is 0 Å². The molecule has 1 unspecified atom stereocenters. The molecule has 0 spiro atoms. The van der Waals surface area contributed by atoms with E-state index < -0.39 is 12.2 Å². The van der Waals surface area contributed by atoms with Crippen LogP contribution in [0.1, 0.15) is 13.8 Å². The van der Waals surface area contributed by atoms with E-state index >= 15 is 0 Å². The van der Waals surface area contributed by atoms with Crippen molar-refractivity contribution in [1.29, 1.82) is 0 Å². The van der Waals surface area contributed by atoms with Crippen molar-refractivity contribution < 1.29 is 14.6 Å². The number of rotatable bonds is 9. The summed E-state index contributed by atoms with van der Waals surface area (Å²) in [5.41, 5.74) is 2.79. The lowest BCUT2D eigenvalue weighted by atomic mass is 10.1. The fraction of sp³-hybridized carbons (Fsp3) is 0.429. The van der Waals surface area contributed by atoms with Crippen molar-refractivity contribution in [3.05, 3.63) is 36.5 Å². The van der Waals surface area contributed by atoms with Crippen LogP contribution in [-0.4, -0.2) is 66.5 Å². The number of hydrogen-bond donors (Lipinski definition) is 2. The van der Waals surface area contributed by atoms with Crippen LogP contribution in [0.5, 0.6) is 0 Å². The van der Waals surface area contributed by atoms with Gasteiger partial charge in [0.05, 0.1) is 13.2 Å². The van der Waals surface area contributed by atoms with Crippen LogP contribution in [0.25, 0.3) is 11.1 Å². The first kappa shape index (κ1) is 21.5. The molecule has 1 amide bonds. The van der Waals surface area contributed by atoms with Crippen molar-refractivity contribution >= 4 is 32.1 Å². The zero-order valence-electron chi connectivity index (χ0n) is 17.0. The zero-order chi connectivity index (χ0) is 20.8. The molecule has 1 aromatic heterocycles. The molecule has 2 aromatic rings. The third-order valence-electron chi connectivity index (χ3n) is 5.13. The molecule has 1 aromatic carbocycles. The Morgan fingerprint density at radius 3 is 2.69 bits per heavy atom. The molecule has 2 atom stereocenters. The summed E-state index contributed by atoms with van der Waals surface area (Å²) in [7, 11) is 2.72. The number of hydrogen-bond acceptors (Lipinski definition) is 6. The molecule has 1 saturated heterocycles. The fourth-order valence-corrected chi connectivity index (χ4v) is 3.78. The van der Waals surface area contributed by atoms with Gasteiger partial charge in [0.1, 0.15) is 11.9 Å². The van der Waals surface area contributed by atoms with Crippen LogP contribution in [0.3, 0.4) is 0 Å². The molecule has 29 heavy (non-hydrogen) atoms. The van der Waals surface area contributed by atoms with Crippen LogP contribution in [0.4, 0.5) is 16.3 Å². The average molecular weight is 416 g/mol. The van der Waals surface area contributed by atoms with Crippen molar-refractivity contribution in [2.24, 2.45) is 0 Å². The highest BCUT2D eigenvalue weighted by Gasteiger charge is 2.31. The van der Waals surface area contributed by atoms with Crippen LogP contribution in [0.15, 0.2) is 36.5 Å². The van der Waals surface area contributed by atoms with E-state index in [4.69, 9.17) is 4.74 Å². The number of likely N-dealkylation sites (N-methyl/N-ethyl adjacent to an activating group) is 1. The first-order valence-corrected chi connectivity index (χ1v) is 10.5. The van der Waals surface area contributed by atoms with Gasteiger partial charge in [-0.1, -0.05) is 19.9 Å². The number of benzene rings is 1. The molecular formula is C21H29N4O3P. The van der Waals surface area contributed by atoms with Crippen LogP contribution < -0.4 is 15.5 Å². The van der Waals surface area contributed by atoms with Gasteiger partial charge in [-0.05, 0) is 48.2 Å². The van der Waals surface area contributed by atoms with Crippen molar-refractivity contribution in [2.75, 3.05) is 49.5 Å². The van der Waals surface area contributed by atoms with E-state index in [1.807, 2.05) is 36.5 Å². The number of aliphatic hydroxyl groups is 1. The molecule has 7 nitrogen and oxygen atoms in total. The Morgan fingerprint density at radius 2 is 2.10 bits per heavy atom. The highest BCUT2D eigenvalue weighted by Crippen LogP contribution is 2.26. The van der Waals surface area contributed by atoms with Crippen molar-refractivity contribution in [3.8, 4) is 11.1 Å². The second-order valence-electron chi connectivity index (χ2n) is 6.96. The van der Waals surface area contributed by atoms with Gasteiger partial charge >= 0.3 is 6.09 Å². The fourth-order valence-electron chi connectivity index (χ4n) is 3.35. The number of ether oxygens (including phenoxy) is 1. The second-order valence-corrected chi connectivity index (χ2v) is 7.58. The number of anilines is 2. The Morgan fingerprint density at radius 1 is 1.31 bits per heavy atom. The minimum atomic E-state index is -0.471. The van der Waals surface area contributed by atoms with Gasteiger partial charge in [0.25, 0.3) is 0 Å². The van der Waals surface area contributed by atoms with Crippen LogP contribution >= 0.6 is 9.24 Å². The van der Waals surface area contributed by atoms with Gasteiger partial charge < -0.3 is 20.1 Å². The molecule has 1 aliphatic rings. The van der Waals surface area contributed by atoms with E-state index in [-0.39, 0.29) is 6.61 Å². The molecule has 0 aliphatic carbocycles. The first-order chi connectivity index (χ1) is 14.0. The number of nitrogens with zero attached hydrogens (tertiary/aromatic N) is 3. The van der Waals surface area contributed by atoms with E-state index in [9.17, 15) is 9.90 Å². The highest BCUT2D eigenvalue weighted by atomic mass is 31.0. The number of carbonyl (C=O) groups excluding carboxylic acids is 1. The molecule has 2 N–H and O–H groups in total. The number of aliphatic hydroxyl groups excluding tert-OH is 1. The molecule has 0 radical (unpaired) electrons. The van der Waals surface area contributed by atoms with Gasteiger partial charge in [0, 0.05) is 30.5 Å². The highest BCUT2D eigenvalue weighted by molar-refractivity contribution is 7.28. The van der Waals surface area contributed by atoms with E-state index in [1.165, 1.54) is 0 Å². The molecule has 1 fully saturated rings. The lowest BCUT2D eigenvalue weighted by Crippen LogP contribution is -2.28. The van der Waals surface area contributed by atoms with E-state index in [2.05, 4.69) is 38.3 Å². The first-order valence-electron chi connectivity index (χ1n) is 9.96. The maximum absolute atomic E-state index is 12.0. The van der Waals surface area contributed by atoms with Crippen LogP contribution in [0, 0.1) is 0 Å².